The molecule has 2 aromatic carbocycles. The van der Waals surface area contributed by atoms with Gasteiger partial charge in [0.2, 0.25) is 5.91 Å². The maximum Gasteiger partial charge on any atom is 0.224 e. The Morgan fingerprint density at radius 1 is 1.04 bits per heavy atom. The van der Waals surface area contributed by atoms with Gasteiger partial charge in [-0.15, -0.1) is 0 Å². The second-order valence-corrected chi connectivity index (χ2v) is 6.91. The molecule has 5 nitrogen and oxygen atoms in total. The van der Waals surface area contributed by atoms with Gasteiger partial charge in [-0.3, -0.25) is 4.79 Å². The van der Waals surface area contributed by atoms with Crippen molar-refractivity contribution in [3.63, 3.8) is 0 Å². The van der Waals surface area contributed by atoms with Crippen LogP contribution in [0.5, 0.6) is 17.2 Å². The third-order valence-corrected chi connectivity index (χ3v) is 5.07. The van der Waals surface area contributed by atoms with E-state index in [9.17, 15) is 4.79 Å². The van der Waals surface area contributed by atoms with Crippen LogP contribution in [-0.4, -0.2) is 27.2 Å². The van der Waals surface area contributed by atoms with Crippen LogP contribution in [0, 0.1) is 6.92 Å². The van der Waals surface area contributed by atoms with Gasteiger partial charge in [0, 0.05) is 22.0 Å². The van der Waals surface area contributed by atoms with Gasteiger partial charge in [0.1, 0.15) is 5.75 Å². The Kier molecular flexibility index (Phi) is 7.17. The summed E-state index contributed by atoms with van der Waals surface area (Å²) >= 11 is 9.60. The first-order valence-corrected chi connectivity index (χ1v) is 9.11. The smallest absolute Gasteiger partial charge is 0.224 e. The molecule has 0 aromatic heterocycles. The number of carbonyl (C=O) groups excluding carboxylic acids is 1. The minimum absolute atomic E-state index is 0.119. The Morgan fingerprint density at radius 2 is 1.65 bits per heavy atom. The first kappa shape index (κ1) is 20.4. The van der Waals surface area contributed by atoms with Crippen molar-refractivity contribution in [2.45, 2.75) is 19.8 Å². The monoisotopic (exact) mass is 441 g/mol. The summed E-state index contributed by atoms with van der Waals surface area (Å²) in [6, 6.07) is 7.18. The molecule has 2 rings (SSSR count). The van der Waals surface area contributed by atoms with Crippen molar-refractivity contribution in [3.8, 4) is 17.2 Å². The van der Waals surface area contributed by atoms with Gasteiger partial charge >= 0.3 is 0 Å². The number of nitrogens with one attached hydrogen (secondary N) is 1. The molecule has 1 N–H and O–H groups in total. The first-order chi connectivity index (χ1) is 12.4. The van der Waals surface area contributed by atoms with E-state index < -0.39 is 0 Å². The number of rotatable bonds is 7. The van der Waals surface area contributed by atoms with Crippen LogP contribution < -0.4 is 19.5 Å². The molecule has 2 aromatic rings. The van der Waals surface area contributed by atoms with Crippen LogP contribution in [-0.2, 0) is 11.2 Å². The summed E-state index contributed by atoms with van der Waals surface area (Å²) in [4.78, 5) is 12.4. The van der Waals surface area contributed by atoms with Gasteiger partial charge in [0.25, 0.3) is 0 Å². The van der Waals surface area contributed by atoms with Crippen molar-refractivity contribution in [1.82, 2.24) is 0 Å². The van der Waals surface area contributed by atoms with Crippen LogP contribution in [0.2, 0.25) is 5.02 Å². The number of amides is 1. The van der Waals surface area contributed by atoms with E-state index in [4.69, 9.17) is 25.8 Å². The largest absolute Gasteiger partial charge is 0.495 e. The van der Waals surface area contributed by atoms with Gasteiger partial charge in [-0.1, -0.05) is 27.5 Å². The molecule has 0 unspecified atom stereocenters. The molecule has 0 fully saturated rings. The fraction of sp³-hybridized carbons (Fsp3) is 0.316. The van der Waals surface area contributed by atoms with Crippen LogP contribution in [0.15, 0.2) is 28.7 Å². The van der Waals surface area contributed by atoms with E-state index in [1.165, 1.54) is 7.11 Å². The molecule has 1 amide bonds. The van der Waals surface area contributed by atoms with E-state index in [0.29, 0.717) is 40.8 Å². The van der Waals surface area contributed by atoms with Gasteiger partial charge in [-0.25, -0.2) is 0 Å². The highest BCUT2D eigenvalue weighted by atomic mass is 79.9. The maximum absolute atomic E-state index is 12.4. The van der Waals surface area contributed by atoms with Crippen LogP contribution in [0.1, 0.15) is 17.5 Å². The number of methoxy groups -OCH3 is 3. The van der Waals surface area contributed by atoms with Crippen LogP contribution in [0.4, 0.5) is 5.69 Å². The minimum Gasteiger partial charge on any atom is -0.495 e. The summed E-state index contributed by atoms with van der Waals surface area (Å²) in [6.45, 7) is 1.87. The Morgan fingerprint density at radius 3 is 2.27 bits per heavy atom. The second-order valence-electron chi connectivity index (χ2n) is 5.65. The highest BCUT2D eigenvalue weighted by molar-refractivity contribution is 9.10. The normalized spacial score (nSPS) is 10.4. The van der Waals surface area contributed by atoms with E-state index >= 15 is 0 Å². The Hall–Kier alpha value is -1.92. The molecule has 7 heteroatoms. The average Bonchev–Trinajstić information content (AvgIpc) is 2.63. The summed E-state index contributed by atoms with van der Waals surface area (Å²) in [5, 5.41) is 3.47. The van der Waals surface area contributed by atoms with Crippen LogP contribution in [0.25, 0.3) is 0 Å². The number of anilines is 1. The van der Waals surface area contributed by atoms with E-state index in [-0.39, 0.29) is 5.91 Å². The van der Waals surface area contributed by atoms with Crippen molar-refractivity contribution in [3.05, 3.63) is 44.9 Å². The first-order valence-electron chi connectivity index (χ1n) is 7.94. The van der Waals surface area contributed by atoms with Crippen molar-refractivity contribution < 1.29 is 19.0 Å². The van der Waals surface area contributed by atoms with Crippen molar-refractivity contribution in [2.75, 3.05) is 26.6 Å². The number of hydrogen-bond donors (Lipinski definition) is 1. The number of aryl methyl sites for hydroxylation is 2. The molecule has 140 valence electrons. The summed E-state index contributed by atoms with van der Waals surface area (Å²) in [5.41, 5.74) is 2.42. The summed E-state index contributed by atoms with van der Waals surface area (Å²) in [7, 11) is 4.70. The molecule has 0 bridgehead atoms. The van der Waals surface area contributed by atoms with Gasteiger partial charge < -0.3 is 19.5 Å². The van der Waals surface area contributed by atoms with Gasteiger partial charge in [0.15, 0.2) is 11.5 Å². The van der Waals surface area contributed by atoms with Crippen LogP contribution >= 0.6 is 27.5 Å². The lowest BCUT2D eigenvalue weighted by molar-refractivity contribution is -0.116. The van der Waals surface area contributed by atoms with Crippen molar-refractivity contribution >= 4 is 39.1 Å². The fourth-order valence-electron chi connectivity index (χ4n) is 2.48. The Balaban J connectivity index is 2.09. The molecule has 0 aliphatic heterocycles. The summed E-state index contributed by atoms with van der Waals surface area (Å²) < 4.78 is 16.7. The Labute approximate surface area is 166 Å². The zero-order valence-corrected chi connectivity index (χ0v) is 17.5. The van der Waals surface area contributed by atoms with Crippen LogP contribution in [0.3, 0.4) is 0 Å². The van der Waals surface area contributed by atoms with E-state index in [0.717, 1.165) is 15.6 Å². The quantitative estimate of drug-likeness (QED) is 0.655. The van der Waals surface area contributed by atoms with Gasteiger partial charge in [0.05, 0.1) is 27.0 Å². The molecule has 0 saturated carbocycles. The Bertz CT molecular complexity index is 811. The molecule has 26 heavy (non-hydrogen) atoms. The number of halogens is 2. The maximum atomic E-state index is 12.4. The molecule has 0 aliphatic rings. The lowest BCUT2D eigenvalue weighted by Gasteiger charge is -2.13. The van der Waals surface area contributed by atoms with Gasteiger partial charge in [-0.05, 0) is 42.7 Å². The summed E-state index contributed by atoms with van der Waals surface area (Å²) in [6.07, 6.45) is 0.848. The second kappa shape index (κ2) is 9.14. The SMILES string of the molecule is COc1cc(Cl)c(C)cc1NC(=O)CCc1cc(OC)c(OC)cc1Br. The molecular weight excluding hydrogens is 422 g/mol. The van der Waals surface area contributed by atoms with E-state index in [1.807, 2.05) is 19.1 Å². The lowest BCUT2D eigenvalue weighted by Crippen LogP contribution is -2.13. The highest BCUT2D eigenvalue weighted by Crippen LogP contribution is 2.34. The predicted molar refractivity (Wildman–Crippen MR) is 107 cm³/mol. The standard InChI is InChI=1S/C19H21BrClNO4/c1-11-7-15(16(24-2)10-14(11)21)22-19(23)6-5-12-8-17(25-3)18(26-4)9-13(12)20/h7-10H,5-6H2,1-4H3,(H,22,23). The van der Waals surface area contributed by atoms with E-state index in [2.05, 4.69) is 21.2 Å². The molecule has 0 aliphatic carbocycles. The molecule has 0 saturated heterocycles. The number of ether oxygens (including phenoxy) is 3. The molecule has 0 spiro atoms. The number of benzene rings is 2. The average molecular weight is 443 g/mol. The number of carbonyl (C=O) groups is 1. The van der Waals surface area contributed by atoms with E-state index in [1.54, 1.807) is 26.4 Å². The predicted octanol–water partition coefficient (Wildman–Crippen LogP) is 5.01. The number of hydrogen-bond acceptors (Lipinski definition) is 4. The topological polar surface area (TPSA) is 56.8 Å². The molecule has 0 heterocycles. The van der Waals surface area contributed by atoms with Gasteiger partial charge in [-0.2, -0.15) is 0 Å². The zero-order chi connectivity index (χ0) is 19.3. The lowest BCUT2D eigenvalue weighted by atomic mass is 10.1. The van der Waals surface area contributed by atoms with Crippen molar-refractivity contribution in [1.29, 1.82) is 0 Å². The van der Waals surface area contributed by atoms with Crippen molar-refractivity contribution in [2.24, 2.45) is 0 Å². The zero-order valence-electron chi connectivity index (χ0n) is 15.1. The minimum atomic E-state index is -0.119. The third kappa shape index (κ3) is 4.83. The summed E-state index contributed by atoms with van der Waals surface area (Å²) in [5.74, 6) is 1.67. The highest BCUT2D eigenvalue weighted by Gasteiger charge is 2.13. The molecule has 0 radical (unpaired) electrons. The fourth-order valence-corrected chi connectivity index (χ4v) is 3.15. The molecular formula is C19H21BrClNO4. The third-order valence-electron chi connectivity index (χ3n) is 3.93. The molecule has 0 atom stereocenters.